The van der Waals surface area contributed by atoms with Crippen LogP contribution in [0.2, 0.25) is 5.02 Å². The van der Waals surface area contributed by atoms with E-state index >= 15 is 0 Å². The highest BCUT2D eigenvalue weighted by atomic mass is 35.5. The van der Waals surface area contributed by atoms with Gasteiger partial charge in [0.25, 0.3) is 5.91 Å². The molecular formula is C28H19ClN2O4. The summed E-state index contributed by atoms with van der Waals surface area (Å²) in [6, 6.07) is 26.3. The molecule has 0 aromatic heterocycles. The van der Waals surface area contributed by atoms with Crippen LogP contribution in [0.5, 0.6) is 5.75 Å². The van der Waals surface area contributed by atoms with Gasteiger partial charge in [-0.2, -0.15) is 5.26 Å². The molecule has 4 rings (SSSR count). The van der Waals surface area contributed by atoms with Gasteiger partial charge in [-0.3, -0.25) is 4.79 Å². The molecule has 0 aliphatic carbocycles. The summed E-state index contributed by atoms with van der Waals surface area (Å²) in [6.07, 6.45) is 1.48. The Hall–Kier alpha value is -4.60. The molecule has 0 atom stereocenters. The molecule has 7 heteroatoms. The summed E-state index contributed by atoms with van der Waals surface area (Å²) in [5.74, 6) is -1.27. The summed E-state index contributed by atoms with van der Waals surface area (Å²) in [4.78, 5) is 24.1. The highest BCUT2D eigenvalue weighted by Crippen LogP contribution is 2.31. The zero-order valence-electron chi connectivity index (χ0n) is 18.4. The van der Waals surface area contributed by atoms with Crippen molar-refractivity contribution in [3.63, 3.8) is 0 Å². The van der Waals surface area contributed by atoms with Crippen molar-refractivity contribution in [2.45, 2.75) is 6.61 Å². The zero-order chi connectivity index (χ0) is 24.8. The fourth-order valence-corrected chi connectivity index (χ4v) is 3.64. The van der Waals surface area contributed by atoms with Crippen molar-refractivity contribution < 1.29 is 19.4 Å². The molecule has 172 valence electrons. The van der Waals surface area contributed by atoms with E-state index in [2.05, 4.69) is 5.32 Å². The monoisotopic (exact) mass is 482 g/mol. The molecule has 0 aliphatic heterocycles. The second-order valence-corrected chi connectivity index (χ2v) is 8.06. The number of halogens is 1. The third-order valence-corrected chi connectivity index (χ3v) is 5.51. The van der Waals surface area contributed by atoms with Gasteiger partial charge in [-0.1, -0.05) is 60.1 Å². The van der Waals surface area contributed by atoms with Crippen LogP contribution in [0.25, 0.3) is 16.8 Å². The predicted molar refractivity (Wildman–Crippen MR) is 135 cm³/mol. The molecule has 1 amide bonds. The third kappa shape index (κ3) is 5.67. The van der Waals surface area contributed by atoms with E-state index in [0.717, 1.165) is 16.3 Å². The third-order valence-electron chi connectivity index (χ3n) is 5.26. The molecule has 35 heavy (non-hydrogen) atoms. The fraction of sp³-hybridized carbons (Fsp3) is 0.0357. The van der Waals surface area contributed by atoms with E-state index in [9.17, 15) is 20.0 Å². The van der Waals surface area contributed by atoms with Gasteiger partial charge >= 0.3 is 5.97 Å². The molecule has 0 saturated heterocycles. The van der Waals surface area contributed by atoms with E-state index < -0.39 is 11.9 Å². The molecule has 0 saturated carbocycles. The van der Waals surface area contributed by atoms with Gasteiger partial charge in [-0.25, -0.2) is 4.79 Å². The van der Waals surface area contributed by atoms with Gasteiger partial charge in [-0.15, -0.1) is 0 Å². The Morgan fingerprint density at radius 1 is 1.00 bits per heavy atom. The molecule has 2 N–H and O–H groups in total. The first-order chi connectivity index (χ1) is 16.9. The number of carbonyl (C=O) groups excluding carboxylic acids is 1. The molecule has 0 heterocycles. The molecule has 4 aromatic carbocycles. The van der Waals surface area contributed by atoms with Crippen LogP contribution in [0.4, 0.5) is 5.69 Å². The number of carbonyl (C=O) groups is 2. The Morgan fingerprint density at radius 2 is 1.77 bits per heavy atom. The minimum absolute atomic E-state index is 0.0252. The smallest absolute Gasteiger partial charge is 0.335 e. The Bertz CT molecular complexity index is 1490. The summed E-state index contributed by atoms with van der Waals surface area (Å²) < 4.78 is 6.06. The fourth-order valence-electron chi connectivity index (χ4n) is 3.51. The van der Waals surface area contributed by atoms with Crippen molar-refractivity contribution >= 4 is 46.0 Å². The van der Waals surface area contributed by atoms with Crippen LogP contribution >= 0.6 is 11.6 Å². The molecule has 4 aromatic rings. The predicted octanol–water partition coefficient (Wildman–Crippen LogP) is 6.32. The van der Waals surface area contributed by atoms with Crippen LogP contribution in [-0.2, 0) is 11.4 Å². The average Bonchev–Trinajstić information content (AvgIpc) is 2.87. The Labute approximate surface area is 206 Å². The largest absolute Gasteiger partial charge is 0.488 e. The maximum atomic E-state index is 12.9. The second-order valence-electron chi connectivity index (χ2n) is 7.62. The van der Waals surface area contributed by atoms with Crippen molar-refractivity contribution in [3.8, 4) is 11.8 Å². The Balaban J connectivity index is 1.68. The second kappa shape index (κ2) is 10.6. The number of fused-ring (bicyclic) bond motifs is 1. The number of amides is 1. The van der Waals surface area contributed by atoms with E-state index in [4.69, 9.17) is 16.3 Å². The maximum Gasteiger partial charge on any atom is 0.335 e. The first kappa shape index (κ1) is 23.6. The van der Waals surface area contributed by atoms with Crippen LogP contribution in [-0.4, -0.2) is 17.0 Å². The number of carboxylic acids is 1. The van der Waals surface area contributed by atoms with Crippen molar-refractivity contribution in [2.75, 3.05) is 5.32 Å². The topological polar surface area (TPSA) is 99.4 Å². The summed E-state index contributed by atoms with van der Waals surface area (Å²) in [7, 11) is 0. The molecule has 0 fully saturated rings. The number of rotatable bonds is 7. The van der Waals surface area contributed by atoms with E-state index in [-0.39, 0.29) is 23.4 Å². The molecule has 0 unspecified atom stereocenters. The molecule has 0 radical (unpaired) electrons. The molecule has 0 spiro atoms. The van der Waals surface area contributed by atoms with Gasteiger partial charge in [0.1, 0.15) is 24.0 Å². The number of carboxylic acid groups (broad SMARTS) is 1. The molecular weight excluding hydrogens is 464 g/mol. The number of aromatic carboxylic acids is 1. The van der Waals surface area contributed by atoms with Crippen LogP contribution in [0, 0.1) is 11.3 Å². The SMILES string of the molecule is N#C/C(=C/c1c(OCc2ccc(Cl)cc2)ccc2ccccc12)C(=O)Nc1cccc(C(=O)O)c1. The van der Waals surface area contributed by atoms with Gasteiger partial charge in [-0.05, 0) is 58.8 Å². The van der Waals surface area contributed by atoms with Gasteiger partial charge in [0.15, 0.2) is 0 Å². The van der Waals surface area contributed by atoms with Crippen LogP contribution in [0.3, 0.4) is 0 Å². The summed E-state index contributed by atoms with van der Waals surface area (Å²) in [6.45, 7) is 0.270. The molecule has 0 bridgehead atoms. The average molecular weight is 483 g/mol. The number of hydrogen-bond donors (Lipinski definition) is 2. The summed E-state index contributed by atoms with van der Waals surface area (Å²) >= 11 is 5.96. The van der Waals surface area contributed by atoms with E-state index in [0.29, 0.717) is 16.3 Å². The quantitative estimate of drug-likeness (QED) is 0.237. The molecule has 0 aliphatic rings. The number of hydrogen-bond acceptors (Lipinski definition) is 4. The first-order valence-electron chi connectivity index (χ1n) is 10.6. The maximum absolute atomic E-state index is 12.9. The highest BCUT2D eigenvalue weighted by molar-refractivity contribution is 6.30. The lowest BCUT2D eigenvalue weighted by molar-refractivity contribution is -0.112. The number of nitrogens with zero attached hydrogens (tertiary/aromatic N) is 1. The molecule has 6 nitrogen and oxygen atoms in total. The van der Waals surface area contributed by atoms with Crippen LogP contribution in [0.1, 0.15) is 21.5 Å². The Kier molecular flexibility index (Phi) is 7.10. The zero-order valence-corrected chi connectivity index (χ0v) is 19.1. The van der Waals surface area contributed by atoms with Gasteiger partial charge in [0.2, 0.25) is 0 Å². The summed E-state index contributed by atoms with van der Waals surface area (Å²) in [5, 5.41) is 23.9. The number of benzene rings is 4. The van der Waals surface area contributed by atoms with E-state index in [1.165, 1.54) is 24.3 Å². The van der Waals surface area contributed by atoms with Crippen LogP contribution < -0.4 is 10.1 Å². The van der Waals surface area contributed by atoms with Crippen molar-refractivity contribution in [1.82, 2.24) is 0 Å². The minimum atomic E-state index is -1.12. The van der Waals surface area contributed by atoms with Gasteiger partial charge < -0.3 is 15.2 Å². The number of anilines is 1. The highest BCUT2D eigenvalue weighted by Gasteiger charge is 2.15. The lowest BCUT2D eigenvalue weighted by Crippen LogP contribution is -2.14. The van der Waals surface area contributed by atoms with Gasteiger partial charge in [0.05, 0.1) is 5.56 Å². The number of nitrogens with one attached hydrogen (secondary N) is 1. The lowest BCUT2D eigenvalue weighted by atomic mass is 10.0. The number of ether oxygens (including phenoxy) is 1. The Morgan fingerprint density at radius 3 is 2.51 bits per heavy atom. The lowest BCUT2D eigenvalue weighted by Gasteiger charge is -2.13. The normalized spacial score (nSPS) is 11.0. The minimum Gasteiger partial charge on any atom is -0.488 e. The summed E-state index contributed by atoms with van der Waals surface area (Å²) in [5.41, 5.74) is 1.64. The van der Waals surface area contributed by atoms with Gasteiger partial charge in [0, 0.05) is 16.3 Å². The van der Waals surface area contributed by atoms with Crippen molar-refractivity contribution in [2.24, 2.45) is 0 Å². The van der Waals surface area contributed by atoms with E-state index in [1.54, 1.807) is 24.3 Å². The standard InChI is InChI=1S/C28H19ClN2O4/c29-22-11-8-18(9-12-22)17-35-26-13-10-19-4-1-2-7-24(19)25(26)15-21(16-30)27(32)31-23-6-3-5-20(14-23)28(33)34/h1-15H,17H2,(H,31,32)(H,33,34)/b21-15-. The van der Waals surface area contributed by atoms with Crippen LogP contribution in [0.15, 0.2) is 90.5 Å². The van der Waals surface area contributed by atoms with Crippen molar-refractivity contribution in [1.29, 1.82) is 5.26 Å². The van der Waals surface area contributed by atoms with Crippen molar-refractivity contribution in [3.05, 3.63) is 112 Å². The number of nitriles is 1. The van der Waals surface area contributed by atoms with E-state index in [1.807, 2.05) is 48.5 Å². The first-order valence-corrected chi connectivity index (χ1v) is 11.0.